The van der Waals surface area contributed by atoms with Crippen LogP contribution in [-0.2, 0) is 5.75 Å². The summed E-state index contributed by atoms with van der Waals surface area (Å²) in [6.07, 6.45) is 0. The zero-order valence-electron chi connectivity index (χ0n) is 13.9. The molecule has 0 aliphatic heterocycles. The number of halogens is 1. The van der Waals surface area contributed by atoms with Gasteiger partial charge in [0.1, 0.15) is 16.5 Å². The third kappa shape index (κ3) is 3.47. The molecule has 0 bridgehead atoms. The summed E-state index contributed by atoms with van der Waals surface area (Å²) in [6.45, 7) is 2.00. The van der Waals surface area contributed by atoms with Crippen LogP contribution in [0.5, 0.6) is 0 Å². The van der Waals surface area contributed by atoms with Crippen LogP contribution in [0.15, 0.2) is 52.0 Å². The summed E-state index contributed by atoms with van der Waals surface area (Å²) in [7, 11) is 0. The molecule has 0 unspecified atom stereocenters. The highest BCUT2D eigenvalue weighted by Crippen LogP contribution is 2.35. The van der Waals surface area contributed by atoms with Crippen molar-refractivity contribution in [2.45, 2.75) is 17.9 Å². The number of nitrogens with one attached hydrogen (secondary N) is 1. The van der Waals surface area contributed by atoms with Crippen molar-refractivity contribution in [1.29, 1.82) is 0 Å². The second-order valence-corrected chi connectivity index (χ2v) is 8.98. The molecular formula is C19H15FN2OS3. The maximum Gasteiger partial charge on any atom is 0.260 e. The van der Waals surface area contributed by atoms with Crippen molar-refractivity contribution in [3.05, 3.63) is 74.7 Å². The van der Waals surface area contributed by atoms with E-state index in [4.69, 9.17) is 0 Å². The monoisotopic (exact) mass is 402 g/mol. The maximum absolute atomic E-state index is 13.3. The molecule has 0 fully saturated rings. The van der Waals surface area contributed by atoms with E-state index in [-0.39, 0.29) is 16.6 Å². The Balaban J connectivity index is 1.60. The highest BCUT2D eigenvalue weighted by Gasteiger charge is 2.16. The Morgan fingerprint density at radius 2 is 2.15 bits per heavy atom. The molecule has 1 N–H and O–H groups in total. The van der Waals surface area contributed by atoms with Gasteiger partial charge in [0.25, 0.3) is 5.56 Å². The van der Waals surface area contributed by atoms with Crippen molar-refractivity contribution >= 4 is 44.7 Å². The molecule has 0 aliphatic rings. The van der Waals surface area contributed by atoms with Crippen LogP contribution in [0.1, 0.15) is 23.6 Å². The summed E-state index contributed by atoms with van der Waals surface area (Å²) >= 11 is 4.72. The first-order valence-electron chi connectivity index (χ1n) is 8.03. The predicted octanol–water partition coefficient (Wildman–Crippen LogP) is 5.85. The molecule has 3 nitrogen and oxygen atoms in total. The van der Waals surface area contributed by atoms with Crippen LogP contribution in [0.25, 0.3) is 20.7 Å². The van der Waals surface area contributed by atoms with Crippen LogP contribution in [0.4, 0.5) is 4.39 Å². The van der Waals surface area contributed by atoms with Gasteiger partial charge in [0.15, 0.2) is 0 Å². The summed E-state index contributed by atoms with van der Waals surface area (Å²) in [6, 6.07) is 10.6. The minimum Gasteiger partial charge on any atom is -0.309 e. The first-order chi connectivity index (χ1) is 12.6. The van der Waals surface area contributed by atoms with Crippen molar-refractivity contribution in [3.8, 4) is 10.4 Å². The summed E-state index contributed by atoms with van der Waals surface area (Å²) in [5.74, 6) is 1.08. The predicted molar refractivity (Wildman–Crippen MR) is 110 cm³/mol. The lowest BCUT2D eigenvalue weighted by Gasteiger charge is -2.10. The third-order valence-electron chi connectivity index (χ3n) is 4.02. The van der Waals surface area contributed by atoms with Gasteiger partial charge >= 0.3 is 0 Å². The number of benzene rings is 1. The van der Waals surface area contributed by atoms with Crippen LogP contribution in [0, 0.1) is 5.82 Å². The van der Waals surface area contributed by atoms with E-state index in [2.05, 4.69) is 9.97 Å². The fourth-order valence-corrected chi connectivity index (χ4v) is 5.36. The van der Waals surface area contributed by atoms with E-state index in [0.717, 1.165) is 20.8 Å². The first-order valence-corrected chi connectivity index (χ1v) is 10.8. The molecule has 0 aliphatic carbocycles. The first kappa shape index (κ1) is 17.5. The fourth-order valence-electron chi connectivity index (χ4n) is 2.70. The van der Waals surface area contributed by atoms with Crippen LogP contribution in [0.2, 0.25) is 0 Å². The lowest BCUT2D eigenvalue weighted by Crippen LogP contribution is -2.12. The average molecular weight is 403 g/mol. The molecule has 1 atom stereocenters. The second-order valence-electron chi connectivity index (χ2n) is 5.84. The van der Waals surface area contributed by atoms with Gasteiger partial charge in [-0.25, -0.2) is 9.37 Å². The summed E-state index contributed by atoms with van der Waals surface area (Å²) in [4.78, 5) is 22.1. The Bertz CT molecular complexity index is 1100. The molecule has 1 aromatic carbocycles. The van der Waals surface area contributed by atoms with Gasteiger partial charge in [0, 0.05) is 21.6 Å². The summed E-state index contributed by atoms with van der Waals surface area (Å²) < 4.78 is 13.3. The quantitative estimate of drug-likeness (QED) is 0.456. The van der Waals surface area contributed by atoms with Gasteiger partial charge in [-0.1, -0.05) is 18.2 Å². The van der Waals surface area contributed by atoms with Gasteiger partial charge < -0.3 is 4.98 Å². The minimum atomic E-state index is -0.233. The van der Waals surface area contributed by atoms with Gasteiger partial charge in [-0.05, 0) is 36.1 Å². The van der Waals surface area contributed by atoms with E-state index in [0.29, 0.717) is 17.0 Å². The number of aromatic amines is 1. The second kappa shape index (κ2) is 7.34. The zero-order valence-corrected chi connectivity index (χ0v) is 16.3. The van der Waals surface area contributed by atoms with Crippen LogP contribution in [0.3, 0.4) is 0 Å². The van der Waals surface area contributed by atoms with Gasteiger partial charge in [-0.3, -0.25) is 4.79 Å². The van der Waals surface area contributed by atoms with Gasteiger partial charge in [0.05, 0.1) is 10.6 Å². The Hall–Kier alpha value is -1.96. The van der Waals surface area contributed by atoms with E-state index in [1.807, 2.05) is 35.9 Å². The molecule has 132 valence electrons. The molecule has 26 heavy (non-hydrogen) atoms. The number of nitrogens with zero attached hydrogens (tertiary/aromatic N) is 1. The smallest absolute Gasteiger partial charge is 0.260 e. The molecule has 4 rings (SSSR count). The standard InChI is InChI=1S/C19H15FN2OS3/c1-11(25-9-12-4-2-5-13(20)8-12)17-21-18(23)16-14(10-26-19(16)22-17)15-6-3-7-24-15/h2-8,10-11H,9H2,1H3,(H,21,22,23)/t11-/m1/s1. The van der Waals surface area contributed by atoms with Crippen molar-refractivity contribution in [1.82, 2.24) is 9.97 Å². The molecule has 0 spiro atoms. The van der Waals surface area contributed by atoms with Crippen molar-refractivity contribution in [3.63, 3.8) is 0 Å². The number of aromatic nitrogens is 2. The van der Waals surface area contributed by atoms with E-state index in [1.165, 1.54) is 23.5 Å². The minimum absolute atomic E-state index is 0.00246. The van der Waals surface area contributed by atoms with Gasteiger partial charge in [-0.2, -0.15) is 0 Å². The summed E-state index contributed by atoms with van der Waals surface area (Å²) in [5.41, 5.74) is 1.76. The zero-order chi connectivity index (χ0) is 18.1. The maximum atomic E-state index is 13.3. The van der Waals surface area contributed by atoms with Gasteiger partial charge in [0.2, 0.25) is 0 Å². The van der Waals surface area contributed by atoms with E-state index >= 15 is 0 Å². The number of fused-ring (bicyclic) bond motifs is 1. The molecule has 4 aromatic rings. The molecule has 3 heterocycles. The molecule has 0 amide bonds. The van der Waals surface area contributed by atoms with Crippen molar-refractivity contribution in [2.24, 2.45) is 0 Å². The van der Waals surface area contributed by atoms with E-state index in [1.54, 1.807) is 29.2 Å². The Kier molecular flexibility index (Phi) is 4.93. The Labute approximate surface area is 161 Å². The summed E-state index contributed by atoms with van der Waals surface area (Å²) in [5, 5.41) is 4.65. The number of H-pyrrole nitrogens is 1. The molecule has 7 heteroatoms. The van der Waals surface area contributed by atoms with E-state index in [9.17, 15) is 9.18 Å². The SMILES string of the molecule is C[C@@H](SCc1cccc(F)c1)c1nc2scc(-c3cccs3)c2c(=O)[nH]1. The highest BCUT2D eigenvalue weighted by atomic mass is 32.2. The largest absolute Gasteiger partial charge is 0.309 e. The number of thiophene rings is 2. The normalized spacial score (nSPS) is 12.5. The number of hydrogen-bond acceptors (Lipinski definition) is 5. The number of thioether (sulfide) groups is 1. The molecule has 0 saturated carbocycles. The van der Waals surface area contributed by atoms with Gasteiger partial charge in [-0.15, -0.1) is 34.4 Å². The Morgan fingerprint density at radius 3 is 2.92 bits per heavy atom. The number of rotatable bonds is 5. The lowest BCUT2D eigenvalue weighted by atomic mass is 10.2. The van der Waals surface area contributed by atoms with Crippen LogP contribution >= 0.6 is 34.4 Å². The molecular weight excluding hydrogens is 387 g/mol. The van der Waals surface area contributed by atoms with Crippen molar-refractivity contribution in [2.75, 3.05) is 0 Å². The van der Waals surface area contributed by atoms with Crippen LogP contribution < -0.4 is 5.56 Å². The average Bonchev–Trinajstić information content (AvgIpc) is 3.29. The highest BCUT2D eigenvalue weighted by molar-refractivity contribution is 7.98. The molecule has 0 saturated heterocycles. The van der Waals surface area contributed by atoms with E-state index < -0.39 is 0 Å². The third-order valence-corrected chi connectivity index (χ3v) is 7.02. The van der Waals surface area contributed by atoms with Crippen molar-refractivity contribution < 1.29 is 4.39 Å². The number of hydrogen-bond donors (Lipinski definition) is 1. The molecule has 0 radical (unpaired) electrons. The van der Waals surface area contributed by atoms with Crippen LogP contribution in [-0.4, -0.2) is 9.97 Å². The molecule has 3 aromatic heterocycles. The Morgan fingerprint density at radius 1 is 1.27 bits per heavy atom. The fraction of sp³-hybridized carbons (Fsp3) is 0.158. The lowest BCUT2D eigenvalue weighted by molar-refractivity contribution is 0.626. The topological polar surface area (TPSA) is 45.8 Å².